The quantitative estimate of drug-likeness (QED) is 0.667. The maximum Gasteiger partial charge on any atom is 0.488 e. The Bertz CT molecular complexity index is 782. The van der Waals surface area contributed by atoms with Crippen LogP contribution in [0.25, 0.3) is 10.9 Å². The van der Waals surface area contributed by atoms with Gasteiger partial charge in [-0.3, -0.25) is 0 Å². The minimum atomic E-state index is -1.53. The SMILES string of the molecule is COC1=C(B(O)O)C(Cc2cc3cc(Cl)ncc3n2C)C=C1. The van der Waals surface area contributed by atoms with E-state index in [1.165, 1.54) is 7.11 Å². The van der Waals surface area contributed by atoms with Gasteiger partial charge in [-0.25, -0.2) is 4.98 Å². The molecule has 0 fully saturated rings. The summed E-state index contributed by atoms with van der Waals surface area (Å²) in [5.41, 5.74) is 2.54. The van der Waals surface area contributed by atoms with Gasteiger partial charge in [-0.1, -0.05) is 17.7 Å². The van der Waals surface area contributed by atoms with Gasteiger partial charge >= 0.3 is 7.12 Å². The minimum Gasteiger partial charge on any atom is -0.497 e. The number of aromatic nitrogens is 2. The summed E-state index contributed by atoms with van der Waals surface area (Å²) in [5, 5.41) is 20.7. The minimum absolute atomic E-state index is 0.110. The van der Waals surface area contributed by atoms with E-state index < -0.39 is 7.12 Å². The Labute approximate surface area is 133 Å². The molecule has 2 heterocycles. The highest BCUT2D eigenvalue weighted by Gasteiger charge is 2.31. The Morgan fingerprint density at radius 1 is 1.41 bits per heavy atom. The number of methoxy groups -OCH3 is 1. The Hall–Kier alpha value is -1.76. The number of halogens is 1. The van der Waals surface area contributed by atoms with E-state index >= 15 is 0 Å². The molecule has 2 aromatic rings. The van der Waals surface area contributed by atoms with Crippen LogP contribution in [-0.4, -0.2) is 33.8 Å². The molecule has 1 atom stereocenters. The number of aryl methyl sites for hydroxylation is 1. The highest BCUT2D eigenvalue weighted by molar-refractivity contribution is 6.51. The third kappa shape index (κ3) is 2.54. The zero-order chi connectivity index (χ0) is 15.9. The smallest absolute Gasteiger partial charge is 0.488 e. The molecule has 5 nitrogen and oxygen atoms in total. The number of hydrogen-bond donors (Lipinski definition) is 2. The fourth-order valence-corrected chi connectivity index (χ4v) is 3.12. The molecule has 1 unspecified atom stereocenters. The van der Waals surface area contributed by atoms with Crippen molar-refractivity contribution in [1.29, 1.82) is 0 Å². The zero-order valence-electron chi connectivity index (χ0n) is 12.3. The molecule has 1 aliphatic rings. The second kappa shape index (κ2) is 5.80. The number of rotatable bonds is 4. The monoisotopic (exact) mass is 318 g/mol. The van der Waals surface area contributed by atoms with Crippen molar-refractivity contribution >= 4 is 29.6 Å². The molecule has 2 N–H and O–H groups in total. The van der Waals surface area contributed by atoms with Gasteiger partial charge in [0, 0.05) is 29.5 Å². The van der Waals surface area contributed by atoms with Crippen molar-refractivity contribution in [3.8, 4) is 0 Å². The second-order valence-corrected chi connectivity index (χ2v) is 5.71. The third-order valence-corrected chi connectivity index (χ3v) is 4.29. The van der Waals surface area contributed by atoms with Gasteiger partial charge < -0.3 is 19.4 Å². The first-order chi connectivity index (χ1) is 10.5. The molecule has 114 valence electrons. The lowest BCUT2D eigenvalue weighted by molar-refractivity contribution is 0.300. The summed E-state index contributed by atoms with van der Waals surface area (Å²) < 4.78 is 7.24. The number of hydrogen-bond acceptors (Lipinski definition) is 4. The molecule has 0 radical (unpaired) electrons. The lowest BCUT2D eigenvalue weighted by Gasteiger charge is -2.15. The van der Waals surface area contributed by atoms with Crippen LogP contribution in [0.3, 0.4) is 0 Å². The Morgan fingerprint density at radius 2 is 2.18 bits per heavy atom. The van der Waals surface area contributed by atoms with Crippen LogP contribution in [0.2, 0.25) is 5.15 Å². The molecule has 0 amide bonds. The van der Waals surface area contributed by atoms with Gasteiger partial charge in [-0.15, -0.1) is 0 Å². The summed E-state index contributed by atoms with van der Waals surface area (Å²) in [4.78, 5) is 4.10. The van der Waals surface area contributed by atoms with Crippen molar-refractivity contribution in [2.75, 3.05) is 7.11 Å². The van der Waals surface area contributed by atoms with Crippen LogP contribution < -0.4 is 0 Å². The van der Waals surface area contributed by atoms with Crippen molar-refractivity contribution in [3.63, 3.8) is 0 Å². The molecule has 7 heteroatoms. The predicted octanol–water partition coefficient (Wildman–Crippen LogP) is 1.87. The molecule has 2 aromatic heterocycles. The van der Waals surface area contributed by atoms with E-state index in [4.69, 9.17) is 16.3 Å². The predicted molar refractivity (Wildman–Crippen MR) is 86.3 cm³/mol. The molecule has 0 aromatic carbocycles. The molecule has 0 aliphatic heterocycles. The number of ether oxygens (including phenoxy) is 1. The summed E-state index contributed by atoms with van der Waals surface area (Å²) in [6, 6.07) is 3.87. The van der Waals surface area contributed by atoms with Crippen LogP contribution in [0, 0.1) is 5.92 Å². The molecule has 0 bridgehead atoms. The Kier molecular flexibility index (Phi) is 3.99. The summed E-state index contributed by atoms with van der Waals surface area (Å²) in [7, 11) is 1.96. The number of pyridine rings is 1. The fraction of sp³-hybridized carbons (Fsp3) is 0.267. The normalized spacial score (nSPS) is 17.6. The molecule has 22 heavy (non-hydrogen) atoms. The van der Waals surface area contributed by atoms with Gasteiger partial charge in [0.2, 0.25) is 0 Å². The van der Waals surface area contributed by atoms with E-state index in [-0.39, 0.29) is 5.92 Å². The zero-order valence-corrected chi connectivity index (χ0v) is 13.1. The van der Waals surface area contributed by atoms with E-state index in [0.29, 0.717) is 22.8 Å². The van der Waals surface area contributed by atoms with Crippen LogP contribution in [0.1, 0.15) is 5.69 Å². The molecular weight excluding hydrogens is 302 g/mol. The highest BCUT2D eigenvalue weighted by Crippen LogP contribution is 2.31. The molecule has 0 saturated carbocycles. The maximum atomic E-state index is 9.59. The molecule has 0 spiro atoms. The van der Waals surface area contributed by atoms with E-state index in [2.05, 4.69) is 4.98 Å². The standard InChI is InChI=1S/C15H16BClN2O3/c1-19-11(6-10-7-14(17)18-8-12(10)19)5-9-3-4-13(22-2)15(9)16(20)21/h3-4,6-9,20-21H,5H2,1-2H3. The lowest BCUT2D eigenvalue weighted by atomic mass is 9.71. The average molecular weight is 319 g/mol. The summed E-state index contributed by atoms with van der Waals surface area (Å²) in [6.45, 7) is 0. The van der Waals surface area contributed by atoms with Gasteiger partial charge in [-0.05, 0) is 24.6 Å². The molecular formula is C15H16BClN2O3. The largest absolute Gasteiger partial charge is 0.497 e. The number of nitrogens with zero attached hydrogens (tertiary/aromatic N) is 2. The van der Waals surface area contributed by atoms with Crippen LogP contribution in [-0.2, 0) is 18.2 Å². The van der Waals surface area contributed by atoms with E-state index in [1.807, 2.05) is 29.8 Å². The summed E-state index contributed by atoms with van der Waals surface area (Å²) >= 11 is 5.93. The highest BCUT2D eigenvalue weighted by atomic mass is 35.5. The second-order valence-electron chi connectivity index (χ2n) is 5.33. The topological polar surface area (TPSA) is 67.5 Å². The van der Waals surface area contributed by atoms with Crippen molar-refractivity contribution < 1.29 is 14.8 Å². The van der Waals surface area contributed by atoms with Crippen LogP contribution in [0.15, 0.2) is 41.7 Å². The molecule has 1 aliphatic carbocycles. The first-order valence-corrected chi connectivity index (χ1v) is 7.31. The Morgan fingerprint density at radius 3 is 2.86 bits per heavy atom. The van der Waals surface area contributed by atoms with Gasteiger partial charge in [0.25, 0.3) is 0 Å². The van der Waals surface area contributed by atoms with Crippen molar-refractivity contribution in [2.24, 2.45) is 13.0 Å². The Balaban J connectivity index is 1.95. The number of allylic oxidation sites excluding steroid dienone is 3. The van der Waals surface area contributed by atoms with Crippen LogP contribution >= 0.6 is 11.6 Å². The molecule has 3 rings (SSSR count). The number of fused-ring (bicyclic) bond motifs is 1. The van der Waals surface area contributed by atoms with Crippen LogP contribution in [0.5, 0.6) is 0 Å². The summed E-state index contributed by atoms with van der Waals surface area (Å²) in [6.07, 6.45) is 6.08. The summed E-state index contributed by atoms with van der Waals surface area (Å²) in [5.74, 6) is 0.407. The third-order valence-electron chi connectivity index (χ3n) is 4.09. The molecule has 0 saturated heterocycles. The van der Waals surface area contributed by atoms with Crippen molar-refractivity contribution in [2.45, 2.75) is 6.42 Å². The maximum absolute atomic E-state index is 9.59. The van der Waals surface area contributed by atoms with Gasteiger partial charge in [0.1, 0.15) is 10.9 Å². The first kappa shape index (κ1) is 15.2. The lowest BCUT2D eigenvalue weighted by Crippen LogP contribution is -2.23. The van der Waals surface area contributed by atoms with Crippen LogP contribution in [0.4, 0.5) is 0 Å². The van der Waals surface area contributed by atoms with Gasteiger partial charge in [0.05, 0.1) is 18.8 Å². The van der Waals surface area contributed by atoms with Gasteiger partial charge in [-0.2, -0.15) is 0 Å². The van der Waals surface area contributed by atoms with E-state index in [1.54, 1.807) is 12.3 Å². The van der Waals surface area contributed by atoms with Crippen molar-refractivity contribution in [1.82, 2.24) is 9.55 Å². The fourth-order valence-electron chi connectivity index (χ4n) is 2.95. The average Bonchev–Trinajstić information content (AvgIpc) is 3.01. The van der Waals surface area contributed by atoms with E-state index in [9.17, 15) is 10.0 Å². The first-order valence-electron chi connectivity index (χ1n) is 6.93. The van der Waals surface area contributed by atoms with Gasteiger partial charge in [0.15, 0.2) is 0 Å². The van der Waals surface area contributed by atoms with Crippen molar-refractivity contribution in [3.05, 3.63) is 52.6 Å². The van der Waals surface area contributed by atoms with E-state index in [0.717, 1.165) is 16.6 Å².